The SMILES string of the molecule is CC(C)(C)OC(=O)N[C@@H](Cc1cccc(Cl)c1)C(=O)Cc1cc(-c2ccncc2)c[nH]c1=O.N[C@@H](Cc1cccc(Cl)c1)C(=O)Cc1cc(-c2ccncc2)c[nH]c1=O. The zero-order chi connectivity index (χ0) is 42.5. The van der Waals surface area contributed by atoms with Gasteiger partial charge in [0.05, 0.1) is 12.1 Å². The maximum Gasteiger partial charge on any atom is 0.408 e. The zero-order valence-corrected chi connectivity index (χ0v) is 34.2. The largest absolute Gasteiger partial charge is 0.444 e. The average Bonchev–Trinajstić information content (AvgIpc) is 3.19. The number of ether oxygens (including phenoxy) is 1. The third-order valence-corrected chi connectivity index (χ3v) is 9.35. The van der Waals surface area contributed by atoms with Gasteiger partial charge in [-0.2, -0.15) is 0 Å². The van der Waals surface area contributed by atoms with Gasteiger partial charge in [0.2, 0.25) is 0 Å². The van der Waals surface area contributed by atoms with Crippen LogP contribution in [0.3, 0.4) is 0 Å². The molecule has 0 fully saturated rings. The average molecular weight is 836 g/mol. The summed E-state index contributed by atoms with van der Waals surface area (Å²) in [6, 6.07) is 23.4. The molecule has 0 unspecified atom stereocenters. The Morgan fingerprint density at radius 1 is 0.678 bits per heavy atom. The molecule has 304 valence electrons. The molecule has 0 radical (unpaired) electrons. The molecule has 0 aliphatic carbocycles. The number of ketones is 2. The number of halogens is 2. The molecule has 12 nitrogen and oxygen atoms in total. The van der Waals surface area contributed by atoms with Gasteiger partial charge in [-0.05, 0) is 128 Å². The van der Waals surface area contributed by atoms with Crippen molar-refractivity contribution in [3.8, 4) is 22.3 Å². The normalized spacial score (nSPS) is 12.0. The fraction of sp³-hybridized carbons (Fsp3) is 0.222. The molecule has 0 saturated carbocycles. The van der Waals surface area contributed by atoms with Gasteiger partial charge in [0.1, 0.15) is 5.60 Å². The number of carbonyl (C=O) groups excluding carboxylic acids is 3. The van der Waals surface area contributed by atoms with Crippen molar-refractivity contribution in [2.24, 2.45) is 5.73 Å². The molecule has 2 atom stereocenters. The highest BCUT2D eigenvalue weighted by Gasteiger charge is 2.26. The summed E-state index contributed by atoms with van der Waals surface area (Å²) in [5.41, 5.74) is 10.4. The van der Waals surface area contributed by atoms with Crippen LogP contribution in [0.15, 0.2) is 132 Å². The Balaban J connectivity index is 0.000000230. The Morgan fingerprint density at radius 3 is 1.59 bits per heavy atom. The second-order valence-electron chi connectivity index (χ2n) is 14.7. The molecule has 0 spiro atoms. The van der Waals surface area contributed by atoms with Crippen molar-refractivity contribution in [1.29, 1.82) is 0 Å². The predicted octanol–water partition coefficient (Wildman–Crippen LogP) is 7.11. The van der Waals surface area contributed by atoms with Crippen LogP contribution in [-0.4, -0.2) is 55.3 Å². The van der Waals surface area contributed by atoms with Crippen LogP contribution in [0.4, 0.5) is 4.79 Å². The third-order valence-electron chi connectivity index (χ3n) is 8.88. The molecule has 14 heteroatoms. The van der Waals surface area contributed by atoms with Gasteiger partial charge in [-0.3, -0.25) is 29.1 Å². The number of nitrogens with zero attached hydrogens (tertiary/aromatic N) is 2. The van der Waals surface area contributed by atoms with Crippen molar-refractivity contribution in [1.82, 2.24) is 25.3 Å². The molecule has 0 bridgehead atoms. The van der Waals surface area contributed by atoms with Crippen molar-refractivity contribution in [3.05, 3.63) is 175 Å². The number of benzene rings is 2. The van der Waals surface area contributed by atoms with Crippen LogP contribution < -0.4 is 22.2 Å². The van der Waals surface area contributed by atoms with Gasteiger partial charge in [-0.15, -0.1) is 0 Å². The van der Waals surface area contributed by atoms with Crippen LogP contribution in [-0.2, 0) is 40.0 Å². The molecule has 5 N–H and O–H groups in total. The summed E-state index contributed by atoms with van der Waals surface area (Å²) in [5.74, 6) is -0.513. The number of hydrogen-bond acceptors (Lipinski definition) is 9. The summed E-state index contributed by atoms with van der Waals surface area (Å²) in [6.07, 6.45) is 9.56. The Kier molecular flexibility index (Phi) is 15.2. The number of rotatable bonds is 13. The summed E-state index contributed by atoms with van der Waals surface area (Å²) < 4.78 is 5.33. The molecular formula is C45H44Cl2N6O6. The molecule has 6 rings (SSSR count). The smallest absolute Gasteiger partial charge is 0.408 e. The number of nitrogens with two attached hydrogens (primary N) is 1. The Labute approximate surface area is 351 Å². The van der Waals surface area contributed by atoms with E-state index in [1.54, 1.807) is 100 Å². The summed E-state index contributed by atoms with van der Waals surface area (Å²) >= 11 is 12.0. The van der Waals surface area contributed by atoms with E-state index in [2.05, 4.69) is 25.3 Å². The van der Waals surface area contributed by atoms with Crippen LogP contribution in [0, 0.1) is 0 Å². The first-order valence-corrected chi connectivity index (χ1v) is 19.4. The van der Waals surface area contributed by atoms with E-state index in [1.165, 1.54) is 0 Å². The van der Waals surface area contributed by atoms with E-state index in [0.29, 0.717) is 27.6 Å². The van der Waals surface area contributed by atoms with E-state index in [9.17, 15) is 24.0 Å². The van der Waals surface area contributed by atoms with E-state index in [1.807, 2.05) is 42.5 Å². The van der Waals surface area contributed by atoms with Gasteiger partial charge in [-0.1, -0.05) is 47.5 Å². The predicted molar refractivity (Wildman–Crippen MR) is 229 cm³/mol. The van der Waals surface area contributed by atoms with Crippen molar-refractivity contribution < 1.29 is 19.1 Å². The maximum atomic E-state index is 13.2. The van der Waals surface area contributed by atoms with Crippen molar-refractivity contribution in [2.45, 2.75) is 64.1 Å². The number of aromatic nitrogens is 4. The lowest BCUT2D eigenvalue weighted by Crippen LogP contribution is -2.45. The first kappa shape index (κ1) is 43.9. The number of alkyl carbamates (subject to hydrolysis) is 1. The number of aromatic amines is 2. The molecule has 59 heavy (non-hydrogen) atoms. The maximum absolute atomic E-state index is 13.2. The van der Waals surface area contributed by atoms with E-state index < -0.39 is 23.8 Å². The molecule has 4 heterocycles. The topological polar surface area (TPSA) is 190 Å². The van der Waals surface area contributed by atoms with Crippen molar-refractivity contribution in [2.75, 3.05) is 0 Å². The van der Waals surface area contributed by atoms with Gasteiger partial charge < -0.3 is 25.8 Å². The van der Waals surface area contributed by atoms with E-state index in [-0.39, 0.29) is 41.9 Å². The second kappa shape index (κ2) is 20.5. The van der Waals surface area contributed by atoms with Gasteiger partial charge in [0.15, 0.2) is 11.6 Å². The van der Waals surface area contributed by atoms with Crippen LogP contribution in [0.2, 0.25) is 10.0 Å². The molecular weight excluding hydrogens is 791 g/mol. The number of amides is 1. The van der Waals surface area contributed by atoms with Crippen LogP contribution in [0.25, 0.3) is 22.3 Å². The highest BCUT2D eigenvalue weighted by molar-refractivity contribution is 6.30. The van der Waals surface area contributed by atoms with Crippen LogP contribution in [0.1, 0.15) is 43.0 Å². The van der Waals surface area contributed by atoms with Gasteiger partial charge in [0, 0.05) is 71.2 Å². The number of nitrogens with one attached hydrogen (secondary N) is 3. The Bertz CT molecular complexity index is 2500. The number of carbonyl (C=O) groups is 3. The summed E-state index contributed by atoms with van der Waals surface area (Å²) in [7, 11) is 0. The van der Waals surface area contributed by atoms with Crippen LogP contribution >= 0.6 is 23.2 Å². The minimum absolute atomic E-state index is 0.0179. The lowest BCUT2D eigenvalue weighted by Gasteiger charge is -2.23. The minimum Gasteiger partial charge on any atom is -0.444 e. The molecule has 0 aliphatic heterocycles. The Morgan fingerprint density at radius 2 is 1.14 bits per heavy atom. The van der Waals surface area contributed by atoms with Gasteiger partial charge in [0.25, 0.3) is 11.1 Å². The number of hydrogen-bond donors (Lipinski definition) is 4. The van der Waals surface area contributed by atoms with Crippen LogP contribution in [0.5, 0.6) is 0 Å². The second-order valence-corrected chi connectivity index (χ2v) is 15.6. The highest BCUT2D eigenvalue weighted by atomic mass is 35.5. The Hall–Kier alpha value is -6.21. The van der Waals surface area contributed by atoms with Crippen molar-refractivity contribution in [3.63, 3.8) is 0 Å². The van der Waals surface area contributed by atoms with Crippen molar-refractivity contribution >= 4 is 40.9 Å². The molecule has 1 amide bonds. The zero-order valence-electron chi connectivity index (χ0n) is 32.7. The first-order chi connectivity index (χ1) is 28.1. The minimum atomic E-state index is -0.901. The molecule has 2 aromatic carbocycles. The highest BCUT2D eigenvalue weighted by Crippen LogP contribution is 2.20. The molecule has 0 aliphatic rings. The number of pyridine rings is 4. The third kappa shape index (κ3) is 13.7. The van der Waals surface area contributed by atoms with E-state index >= 15 is 0 Å². The number of Topliss-reactive ketones (excluding diaryl/α,β-unsaturated/α-hetero) is 2. The lowest BCUT2D eigenvalue weighted by atomic mass is 9.97. The van der Waals surface area contributed by atoms with E-state index in [4.69, 9.17) is 33.7 Å². The van der Waals surface area contributed by atoms with Gasteiger partial charge in [-0.25, -0.2) is 4.79 Å². The quantitative estimate of drug-likeness (QED) is 0.0940. The number of H-pyrrole nitrogens is 2. The summed E-state index contributed by atoms with van der Waals surface area (Å²) in [5, 5.41) is 3.78. The van der Waals surface area contributed by atoms with E-state index in [0.717, 1.165) is 33.4 Å². The fourth-order valence-corrected chi connectivity index (χ4v) is 6.43. The molecule has 4 aromatic heterocycles. The lowest BCUT2D eigenvalue weighted by molar-refractivity contribution is -0.120. The monoisotopic (exact) mass is 834 g/mol. The molecule has 0 saturated heterocycles. The summed E-state index contributed by atoms with van der Waals surface area (Å²) in [6.45, 7) is 5.22. The fourth-order valence-electron chi connectivity index (χ4n) is 6.00. The molecule has 6 aromatic rings. The standard InChI is InChI=1S/C25H26ClN3O4.C20H18ClN3O2/c1-25(2,3)33-24(32)29-21(12-16-5-4-6-20(26)11-16)22(30)14-18-13-19(15-28-23(18)31)17-7-9-27-10-8-17;21-17-3-1-2-13(8-17)9-18(22)19(25)11-15-10-16(12-24-20(15)26)14-4-6-23-7-5-14/h4-11,13,15,21H,12,14H2,1-3H3,(H,28,31)(H,29,32);1-8,10,12,18H,9,11,22H2,(H,24,26)/t21-;18-/m00/s1. The summed E-state index contributed by atoms with van der Waals surface area (Å²) in [4.78, 5) is 76.0. The van der Waals surface area contributed by atoms with Gasteiger partial charge >= 0.3 is 6.09 Å². The first-order valence-electron chi connectivity index (χ1n) is 18.7.